The van der Waals surface area contributed by atoms with Crippen LogP contribution in [0.15, 0.2) is 12.1 Å². The number of ether oxygens (including phenoxy) is 1. The van der Waals surface area contributed by atoms with Gasteiger partial charge in [-0.2, -0.15) is 4.98 Å². The lowest BCUT2D eigenvalue weighted by atomic mass is 10.1. The Bertz CT molecular complexity index is 337. The van der Waals surface area contributed by atoms with E-state index in [2.05, 4.69) is 10.3 Å². The summed E-state index contributed by atoms with van der Waals surface area (Å²) in [7, 11) is 0. The average molecular weight is 209 g/mol. The molecule has 1 aromatic heterocycles. The fraction of sp³-hybridized carbons (Fsp3) is 0.500. The van der Waals surface area contributed by atoms with Gasteiger partial charge in [0.2, 0.25) is 5.88 Å². The van der Waals surface area contributed by atoms with Crippen molar-refractivity contribution >= 4 is 11.5 Å². The molecule has 82 valence electrons. The molecule has 2 heterocycles. The maximum Gasteiger partial charge on any atom is 0.212 e. The van der Waals surface area contributed by atoms with Gasteiger partial charge in [-0.05, 0) is 18.9 Å². The normalized spacial score (nSPS) is 17.6. The van der Waals surface area contributed by atoms with Crippen LogP contribution in [0.4, 0.5) is 11.5 Å². The maximum absolute atomic E-state index is 9.24. The number of nitrogen functional groups attached to an aromatic ring is 1. The largest absolute Gasteiger partial charge is 0.493 e. The first-order valence-electron chi connectivity index (χ1n) is 5.05. The third-order valence-electron chi connectivity index (χ3n) is 2.47. The quantitative estimate of drug-likeness (QED) is 0.676. The molecule has 1 aliphatic heterocycles. The molecule has 1 aliphatic rings. The minimum absolute atomic E-state index is 0.0150. The van der Waals surface area contributed by atoms with Crippen molar-refractivity contribution in [2.45, 2.75) is 18.9 Å². The standard InChI is InChI=1S/C10H15N3O2/c11-8-1-2-9(14)13-10(8)12-7-3-5-15-6-4-7/h1-2,7H,3-6,11H2,(H2,12,13,14). The number of pyridine rings is 1. The number of hydrogen-bond acceptors (Lipinski definition) is 5. The minimum Gasteiger partial charge on any atom is -0.493 e. The van der Waals surface area contributed by atoms with Crippen LogP contribution in [-0.4, -0.2) is 29.3 Å². The van der Waals surface area contributed by atoms with Crippen LogP contribution in [-0.2, 0) is 4.74 Å². The van der Waals surface area contributed by atoms with Gasteiger partial charge in [0.05, 0.1) is 5.69 Å². The van der Waals surface area contributed by atoms with Gasteiger partial charge in [-0.1, -0.05) is 0 Å². The highest BCUT2D eigenvalue weighted by Crippen LogP contribution is 2.21. The van der Waals surface area contributed by atoms with Gasteiger partial charge in [0.1, 0.15) is 0 Å². The Morgan fingerprint density at radius 2 is 2.13 bits per heavy atom. The van der Waals surface area contributed by atoms with Crippen molar-refractivity contribution in [2.75, 3.05) is 24.3 Å². The van der Waals surface area contributed by atoms with Gasteiger partial charge in [0, 0.05) is 25.3 Å². The van der Waals surface area contributed by atoms with E-state index in [1.807, 2.05) is 0 Å². The summed E-state index contributed by atoms with van der Waals surface area (Å²) in [6.07, 6.45) is 1.88. The summed E-state index contributed by atoms with van der Waals surface area (Å²) in [5.41, 5.74) is 6.29. The number of anilines is 2. The summed E-state index contributed by atoms with van der Waals surface area (Å²) in [4.78, 5) is 3.95. The highest BCUT2D eigenvalue weighted by atomic mass is 16.5. The molecule has 0 spiro atoms. The van der Waals surface area contributed by atoms with Gasteiger partial charge in [-0.3, -0.25) is 0 Å². The molecule has 5 nitrogen and oxygen atoms in total. The zero-order chi connectivity index (χ0) is 10.7. The Balaban J connectivity index is 2.05. The third kappa shape index (κ3) is 2.50. The summed E-state index contributed by atoms with van der Waals surface area (Å²) in [5.74, 6) is 0.542. The molecular formula is C10H15N3O2. The average Bonchev–Trinajstić information content (AvgIpc) is 2.25. The summed E-state index contributed by atoms with van der Waals surface area (Å²) in [6.45, 7) is 1.52. The molecule has 15 heavy (non-hydrogen) atoms. The molecule has 4 N–H and O–H groups in total. The first-order chi connectivity index (χ1) is 7.25. The SMILES string of the molecule is Nc1ccc(O)nc1NC1CCOCC1. The first kappa shape index (κ1) is 10.0. The molecule has 0 atom stereocenters. The molecule has 1 fully saturated rings. The Morgan fingerprint density at radius 3 is 2.87 bits per heavy atom. The van der Waals surface area contributed by atoms with Crippen LogP contribution in [0.2, 0.25) is 0 Å². The van der Waals surface area contributed by atoms with E-state index >= 15 is 0 Å². The van der Waals surface area contributed by atoms with Crippen LogP contribution in [0.3, 0.4) is 0 Å². The van der Waals surface area contributed by atoms with Gasteiger partial charge in [-0.15, -0.1) is 0 Å². The first-order valence-corrected chi connectivity index (χ1v) is 5.05. The predicted octanol–water partition coefficient (Wildman–Crippen LogP) is 0.960. The highest BCUT2D eigenvalue weighted by Gasteiger charge is 2.15. The van der Waals surface area contributed by atoms with Crippen LogP contribution in [0.25, 0.3) is 0 Å². The lowest BCUT2D eigenvalue weighted by Crippen LogP contribution is -2.28. The Hall–Kier alpha value is -1.49. The Labute approximate surface area is 88.3 Å². The van der Waals surface area contributed by atoms with E-state index < -0.39 is 0 Å². The highest BCUT2D eigenvalue weighted by molar-refractivity contribution is 5.62. The second kappa shape index (κ2) is 4.35. The monoisotopic (exact) mass is 209 g/mol. The number of nitrogens with one attached hydrogen (secondary N) is 1. The van der Waals surface area contributed by atoms with Crippen molar-refractivity contribution < 1.29 is 9.84 Å². The van der Waals surface area contributed by atoms with E-state index in [1.165, 1.54) is 6.07 Å². The molecule has 0 saturated carbocycles. The summed E-state index contributed by atoms with van der Waals surface area (Å²) in [5, 5.41) is 12.4. The molecule has 2 rings (SSSR count). The number of aromatic nitrogens is 1. The molecule has 0 unspecified atom stereocenters. The van der Waals surface area contributed by atoms with Gasteiger partial charge in [-0.25, -0.2) is 0 Å². The van der Waals surface area contributed by atoms with E-state index in [1.54, 1.807) is 6.07 Å². The van der Waals surface area contributed by atoms with Crippen molar-refractivity contribution in [3.05, 3.63) is 12.1 Å². The summed E-state index contributed by atoms with van der Waals surface area (Å²) >= 11 is 0. The zero-order valence-electron chi connectivity index (χ0n) is 8.44. The van der Waals surface area contributed by atoms with Crippen LogP contribution in [0.1, 0.15) is 12.8 Å². The topological polar surface area (TPSA) is 80.4 Å². The third-order valence-corrected chi connectivity index (χ3v) is 2.47. The van der Waals surface area contributed by atoms with E-state index in [-0.39, 0.29) is 5.88 Å². The molecule has 0 bridgehead atoms. The van der Waals surface area contributed by atoms with E-state index in [9.17, 15) is 5.11 Å². The summed E-state index contributed by atoms with van der Waals surface area (Å²) < 4.78 is 5.25. The Morgan fingerprint density at radius 1 is 1.40 bits per heavy atom. The van der Waals surface area contributed by atoms with Crippen LogP contribution in [0.5, 0.6) is 5.88 Å². The zero-order valence-corrected chi connectivity index (χ0v) is 8.44. The number of nitrogens with two attached hydrogens (primary N) is 1. The molecule has 0 radical (unpaired) electrons. The minimum atomic E-state index is -0.0150. The molecular weight excluding hydrogens is 194 g/mol. The number of nitrogens with zero attached hydrogens (tertiary/aromatic N) is 1. The van der Waals surface area contributed by atoms with Crippen molar-refractivity contribution in [3.8, 4) is 5.88 Å². The van der Waals surface area contributed by atoms with Crippen molar-refractivity contribution in [1.82, 2.24) is 4.98 Å². The van der Waals surface area contributed by atoms with E-state index in [4.69, 9.17) is 10.5 Å². The van der Waals surface area contributed by atoms with Gasteiger partial charge in [0.25, 0.3) is 0 Å². The fourth-order valence-corrected chi connectivity index (χ4v) is 1.61. The number of aromatic hydroxyl groups is 1. The predicted molar refractivity (Wildman–Crippen MR) is 57.8 cm³/mol. The second-order valence-corrected chi connectivity index (χ2v) is 3.64. The smallest absolute Gasteiger partial charge is 0.212 e. The lowest BCUT2D eigenvalue weighted by molar-refractivity contribution is 0.0904. The molecule has 0 aliphatic carbocycles. The molecule has 1 aromatic rings. The van der Waals surface area contributed by atoms with E-state index in [0.717, 1.165) is 26.1 Å². The summed E-state index contributed by atoms with van der Waals surface area (Å²) in [6, 6.07) is 3.45. The number of hydrogen-bond donors (Lipinski definition) is 3. The molecule has 0 amide bonds. The van der Waals surface area contributed by atoms with Crippen molar-refractivity contribution in [3.63, 3.8) is 0 Å². The van der Waals surface area contributed by atoms with Gasteiger partial charge >= 0.3 is 0 Å². The fourth-order valence-electron chi connectivity index (χ4n) is 1.61. The van der Waals surface area contributed by atoms with Crippen LogP contribution in [0, 0.1) is 0 Å². The Kier molecular flexibility index (Phi) is 2.91. The lowest BCUT2D eigenvalue weighted by Gasteiger charge is -2.24. The van der Waals surface area contributed by atoms with Crippen LogP contribution < -0.4 is 11.1 Å². The maximum atomic E-state index is 9.24. The van der Waals surface area contributed by atoms with Crippen molar-refractivity contribution in [2.24, 2.45) is 0 Å². The second-order valence-electron chi connectivity index (χ2n) is 3.64. The van der Waals surface area contributed by atoms with E-state index in [0.29, 0.717) is 17.5 Å². The van der Waals surface area contributed by atoms with Gasteiger partial charge < -0.3 is 20.9 Å². The van der Waals surface area contributed by atoms with Crippen molar-refractivity contribution in [1.29, 1.82) is 0 Å². The van der Waals surface area contributed by atoms with Crippen LogP contribution >= 0.6 is 0 Å². The number of rotatable bonds is 2. The molecule has 1 saturated heterocycles. The molecule has 5 heteroatoms. The van der Waals surface area contributed by atoms with Gasteiger partial charge in [0.15, 0.2) is 5.82 Å². The molecule has 0 aromatic carbocycles.